The number of nitrogens with one attached hydrogen (secondary N) is 2. The van der Waals surface area contributed by atoms with Crippen LogP contribution in [0.15, 0.2) is 41.7 Å². The molecule has 0 bridgehead atoms. The maximum Gasteiger partial charge on any atom is 0.262 e. The first-order valence-electron chi connectivity index (χ1n) is 8.34. The second kappa shape index (κ2) is 7.09. The highest BCUT2D eigenvalue weighted by atomic mass is 16.3. The zero-order valence-electron chi connectivity index (χ0n) is 15.0. The molecule has 0 aliphatic carbocycles. The molecular formula is C18H22N6O2. The third kappa shape index (κ3) is 3.97. The van der Waals surface area contributed by atoms with Crippen LogP contribution in [0.1, 0.15) is 20.8 Å². The number of aliphatic hydroxyl groups is 1. The maximum atomic E-state index is 12.8. The fourth-order valence-electron chi connectivity index (χ4n) is 2.59. The molecule has 0 aromatic carbocycles. The Kier molecular flexibility index (Phi) is 4.85. The first-order chi connectivity index (χ1) is 12.4. The van der Waals surface area contributed by atoms with Gasteiger partial charge >= 0.3 is 0 Å². The van der Waals surface area contributed by atoms with Crippen LogP contribution < -0.4 is 16.2 Å². The lowest BCUT2D eigenvalue weighted by Crippen LogP contribution is -2.29. The van der Waals surface area contributed by atoms with Gasteiger partial charge in [-0.15, -0.1) is 0 Å². The SMILES string of the molecule is CC(C)(C)Nc1nc(Nc2ccncn2)cc2ccn(CCO)c(=O)c12. The summed E-state index contributed by atoms with van der Waals surface area (Å²) in [5.41, 5.74) is -0.471. The van der Waals surface area contributed by atoms with E-state index >= 15 is 0 Å². The van der Waals surface area contributed by atoms with Crippen molar-refractivity contribution >= 4 is 28.2 Å². The summed E-state index contributed by atoms with van der Waals surface area (Å²) in [7, 11) is 0. The van der Waals surface area contributed by atoms with Crippen molar-refractivity contribution in [3.8, 4) is 0 Å². The number of aliphatic hydroxyl groups excluding tert-OH is 1. The average molecular weight is 354 g/mol. The standard InChI is InChI=1S/C18H22N6O2/c1-18(2,3)23-16-15-12(5-7-24(8-9-25)17(15)26)10-14(22-16)21-13-4-6-19-11-20-13/h4-7,10-11,25H,8-9H2,1-3H3,(H2,19,20,21,22,23). The van der Waals surface area contributed by atoms with E-state index in [0.717, 1.165) is 5.39 Å². The van der Waals surface area contributed by atoms with Crippen LogP contribution in [0.25, 0.3) is 10.8 Å². The van der Waals surface area contributed by atoms with Gasteiger partial charge in [0.25, 0.3) is 5.56 Å². The summed E-state index contributed by atoms with van der Waals surface area (Å²) in [5, 5.41) is 16.8. The van der Waals surface area contributed by atoms with E-state index in [9.17, 15) is 4.79 Å². The Morgan fingerprint density at radius 3 is 2.69 bits per heavy atom. The second-order valence-electron chi connectivity index (χ2n) is 6.95. The Balaban J connectivity index is 2.15. The molecule has 0 radical (unpaired) electrons. The molecule has 0 aliphatic rings. The Hall–Kier alpha value is -3.00. The highest BCUT2D eigenvalue weighted by Gasteiger charge is 2.17. The molecule has 8 nitrogen and oxygen atoms in total. The van der Waals surface area contributed by atoms with Gasteiger partial charge < -0.3 is 20.3 Å². The van der Waals surface area contributed by atoms with Crippen LogP contribution in [0.5, 0.6) is 0 Å². The van der Waals surface area contributed by atoms with Gasteiger partial charge in [-0.3, -0.25) is 4.79 Å². The molecule has 0 saturated heterocycles. The number of anilines is 3. The van der Waals surface area contributed by atoms with E-state index in [0.29, 0.717) is 22.8 Å². The first kappa shape index (κ1) is 17.8. The minimum absolute atomic E-state index is 0.103. The highest BCUT2D eigenvalue weighted by molar-refractivity contribution is 5.93. The zero-order valence-corrected chi connectivity index (χ0v) is 15.0. The van der Waals surface area contributed by atoms with Crippen LogP contribution in [0.2, 0.25) is 0 Å². The number of hydrogen-bond donors (Lipinski definition) is 3. The van der Waals surface area contributed by atoms with E-state index < -0.39 is 0 Å². The van der Waals surface area contributed by atoms with Crippen molar-refractivity contribution in [3.05, 3.63) is 47.3 Å². The molecule has 3 rings (SSSR count). The summed E-state index contributed by atoms with van der Waals surface area (Å²) >= 11 is 0. The van der Waals surface area contributed by atoms with Crippen LogP contribution in [-0.4, -0.2) is 36.8 Å². The number of nitrogens with zero attached hydrogens (tertiary/aromatic N) is 4. The van der Waals surface area contributed by atoms with E-state index in [1.54, 1.807) is 24.5 Å². The molecule has 3 aromatic heterocycles. The molecule has 0 saturated carbocycles. The fraction of sp³-hybridized carbons (Fsp3) is 0.333. The minimum atomic E-state index is -0.280. The van der Waals surface area contributed by atoms with E-state index in [-0.39, 0.29) is 24.2 Å². The lowest BCUT2D eigenvalue weighted by atomic mass is 10.1. The lowest BCUT2D eigenvalue weighted by molar-refractivity contribution is 0.274. The molecule has 0 atom stereocenters. The normalized spacial score (nSPS) is 11.5. The Labute approximate surface area is 151 Å². The van der Waals surface area contributed by atoms with Crippen LogP contribution in [-0.2, 0) is 6.54 Å². The van der Waals surface area contributed by atoms with Gasteiger partial charge in [0.1, 0.15) is 23.8 Å². The minimum Gasteiger partial charge on any atom is -0.395 e. The fourth-order valence-corrected chi connectivity index (χ4v) is 2.59. The summed E-state index contributed by atoms with van der Waals surface area (Å²) in [4.78, 5) is 25.4. The molecule has 0 spiro atoms. The third-order valence-corrected chi connectivity index (χ3v) is 3.63. The molecule has 0 amide bonds. The van der Waals surface area contributed by atoms with Crippen molar-refractivity contribution in [1.82, 2.24) is 19.5 Å². The Morgan fingerprint density at radius 2 is 2.04 bits per heavy atom. The van der Waals surface area contributed by atoms with Crippen LogP contribution in [0.3, 0.4) is 0 Å². The number of pyridine rings is 2. The van der Waals surface area contributed by atoms with Crippen molar-refractivity contribution < 1.29 is 5.11 Å². The predicted octanol–water partition coefficient (Wildman–Crippen LogP) is 2.13. The van der Waals surface area contributed by atoms with Crippen molar-refractivity contribution in [3.63, 3.8) is 0 Å². The van der Waals surface area contributed by atoms with Gasteiger partial charge in [0.15, 0.2) is 0 Å². The molecule has 0 fully saturated rings. The number of fused-ring (bicyclic) bond motifs is 1. The van der Waals surface area contributed by atoms with E-state index in [1.165, 1.54) is 10.9 Å². The van der Waals surface area contributed by atoms with Gasteiger partial charge in [-0.25, -0.2) is 15.0 Å². The van der Waals surface area contributed by atoms with Gasteiger partial charge in [0.05, 0.1) is 12.0 Å². The Morgan fingerprint density at radius 1 is 1.23 bits per heavy atom. The lowest BCUT2D eigenvalue weighted by Gasteiger charge is -2.23. The molecule has 0 unspecified atom stereocenters. The summed E-state index contributed by atoms with van der Waals surface area (Å²) in [5.74, 6) is 1.67. The van der Waals surface area contributed by atoms with E-state index in [1.807, 2.05) is 26.8 Å². The summed E-state index contributed by atoms with van der Waals surface area (Å²) in [6.07, 6.45) is 4.76. The second-order valence-corrected chi connectivity index (χ2v) is 6.95. The van der Waals surface area contributed by atoms with Crippen LogP contribution in [0.4, 0.5) is 17.5 Å². The third-order valence-electron chi connectivity index (χ3n) is 3.63. The number of hydrogen-bond acceptors (Lipinski definition) is 7. The van der Waals surface area contributed by atoms with Gasteiger partial charge in [0, 0.05) is 24.5 Å². The summed E-state index contributed by atoms with van der Waals surface area (Å²) < 4.78 is 1.48. The molecule has 26 heavy (non-hydrogen) atoms. The largest absolute Gasteiger partial charge is 0.395 e. The van der Waals surface area contributed by atoms with Crippen molar-refractivity contribution in [2.24, 2.45) is 0 Å². The molecule has 3 aromatic rings. The molecular weight excluding hydrogens is 332 g/mol. The van der Waals surface area contributed by atoms with Gasteiger partial charge in [-0.05, 0) is 44.4 Å². The molecule has 8 heteroatoms. The first-order valence-corrected chi connectivity index (χ1v) is 8.34. The molecule has 3 N–H and O–H groups in total. The Bertz CT molecular complexity index is 963. The maximum absolute atomic E-state index is 12.8. The van der Waals surface area contributed by atoms with Gasteiger partial charge in [0.2, 0.25) is 0 Å². The van der Waals surface area contributed by atoms with Crippen molar-refractivity contribution in [2.75, 3.05) is 17.2 Å². The van der Waals surface area contributed by atoms with Crippen LogP contribution >= 0.6 is 0 Å². The highest BCUT2D eigenvalue weighted by Crippen LogP contribution is 2.25. The zero-order chi connectivity index (χ0) is 18.7. The number of aromatic nitrogens is 4. The van der Waals surface area contributed by atoms with Gasteiger partial charge in [-0.2, -0.15) is 0 Å². The summed E-state index contributed by atoms with van der Waals surface area (Å²) in [6, 6.07) is 5.38. The smallest absolute Gasteiger partial charge is 0.262 e. The predicted molar refractivity (Wildman–Crippen MR) is 102 cm³/mol. The topological polar surface area (TPSA) is 105 Å². The quantitative estimate of drug-likeness (QED) is 0.644. The average Bonchev–Trinajstić information content (AvgIpc) is 2.57. The van der Waals surface area contributed by atoms with E-state index in [2.05, 4.69) is 25.6 Å². The molecule has 0 aliphatic heterocycles. The molecule has 3 heterocycles. The molecule has 136 valence electrons. The number of rotatable bonds is 5. The van der Waals surface area contributed by atoms with Crippen LogP contribution in [0, 0.1) is 0 Å². The van der Waals surface area contributed by atoms with Crippen molar-refractivity contribution in [1.29, 1.82) is 0 Å². The van der Waals surface area contributed by atoms with E-state index in [4.69, 9.17) is 5.11 Å². The van der Waals surface area contributed by atoms with Crippen molar-refractivity contribution in [2.45, 2.75) is 32.9 Å². The van der Waals surface area contributed by atoms with Gasteiger partial charge in [-0.1, -0.05) is 0 Å². The monoisotopic (exact) mass is 354 g/mol. The summed E-state index contributed by atoms with van der Waals surface area (Å²) in [6.45, 7) is 6.14.